The Morgan fingerprint density at radius 3 is 2.72 bits per heavy atom. The Morgan fingerprint density at radius 1 is 1.24 bits per heavy atom. The molecule has 0 fully saturated rings. The van der Waals surface area contributed by atoms with Crippen molar-refractivity contribution < 1.29 is 14.3 Å². The van der Waals surface area contributed by atoms with Crippen LogP contribution in [-0.4, -0.2) is 27.1 Å². The minimum atomic E-state index is -1.01. The molecule has 3 N–H and O–H groups in total. The number of benzene rings is 2. The first-order valence-electron chi connectivity index (χ1n) is 7.64. The summed E-state index contributed by atoms with van der Waals surface area (Å²) in [6.07, 6.45) is 0.505. The third-order valence-corrected chi connectivity index (χ3v) is 4.01. The fraction of sp³-hybridized carbons (Fsp3) is 0.111. The molecular weight excluding hydrogens is 341 g/mol. The van der Waals surface area contributed by atoms with Crippen molar-refractivity contribution in [1.29, 1.82) is 0 Å². The molecule has 7 heteroatoms. The minimum absolute atomic E-state index is 0.0466. The Labute approximate surface area is 148 Å². The molecule has 1 amide bonds. The Kier molecular flexibility index (Phi) is 5.06. The highest BCUT2D eigenvalue weighted by Crippen LogP contribution is 2.15. The molecule has 0 aliphatic heterocycles. The van der Waals surface area contributed by atoms with Crippen molar-refractivity contribution in [2.75, 3.05) is 6.54 Å². The van der Waals surface area contributed by atoms with E-state index in [1.165, 1.54) is 24.4 Å². The van der Waals surface area contributed by atoms with E-state index in [0.29, 0.717) is 16.0 Å². The van der Waals surface area contributed by atoms with Gasteiger partial charge in [-0.3, -0.25) is 9.36 Å². The third-order valence-electron chi connectivity index (χ3n) is 3.71. The quantitative estimate of drug-likeness (QED) is 0.615. The van der Waals surface area contributed by atoms with Crippen LogP contribution >= 0.6 is 12.2 Å². The predicted octanol–water partition coefficient (Wildman–Crippen LogP) is 3.14. The van der Waals surface area contributed by atoms with E-state index in [1.54, 1.807) is 10.6 Å². The molecule has 0 saturated carbocycles. The van der Waals surface area contributed by atoms with Crippen LogP contribution in [0.3, 0.4) is 0 Å². The Morgan fingerprint density at radius 2 is 2.00 bits per heavy atom. The molecule has 0 spiro atoms. The van der Waals surface area contributed by atoms with Crippen LogP contribution in [0.15, 0.2) is 60.8 Å². The number of H-pyrrole nitrogens is 1. The summed E-state index contributed by atoms with van der Waals surface area (Å²) in [6.45, 7) is -0.0466. The monoisotopic (exact) mass is 357 g/mol. The molecule has 25 heavy (non-hydrogen) atoms. The standard InChI is InChI=1S/C18H16FN3O2S/c19-13-6-4-5-12(9-13)16(23)11-20-17(24)15-10-21-18(25)22(15)14-7-2-1-3-8-14/h1-10,16,23H,11H2,(H,20,24)(H,21,25). The molecule has 0 radical (unpaired) electrons. The topological polar surface area (TPSA) is 70.1 Å². The van der Waals surface area contributed by atoms with E-state index in [1.807, 2.05) is 30.3 Å². The third kappa shape index (κ3) is 3.84. The van der Waals surface area contributed by atoms with Crippen molar-refractivity contribution in [3.8, 4) is 5.69 Å². The highest BCUT2D eigenvalue weighted by atomic mass is 32.1. The number of para-hydroxylation sites is 1. The highest BCUT2D eigenvalue weighted by molar-refractivity contribution is 7.71. The number of imidazole rings is 1. The maximum Gasteiger partial charge on any atom is 0.269 e. The van der Waals surface area contributed by atoms with Crippen molar-refractivity contribution in [3.63, 3.8) is 0 Å². The molecule has 128 valence electrons. The number of nitrogens with one attached hydrogen (secondary N) is 2. The average molecular weight is 357 g/mol. The molecule has 0 bridgehead atoms. The van der Waals surface area contributed by atoms with E-state index in [-0.39, 0.29) is 6.54 Å². The number of aromatic nitrogens is 2. The SMILES string of the molecule is O=C(NCC(O)c1cccc(F)c1)c1c[nH]c(=S)n1-c1ccccc1. The summed E-state index contributed by atoms with van der Waals surface area (Å²) in [6, 6.07) is 14.9. The number of amides is 1. The number of carbonyl (C=O) groups excluding carboxylic acids is 1. The zero-order valence-corrected chi connectivity index (χ0v) is 14.0. The zero-order valence-electron chi connectivity index (χ0n) is 13.1. The molecule has 0 aliphatic carbocycles. The molecule has 0 saturated heterocycles. The molecular formula is C18H16FN3O2S. The van der Waals surface area contributed by atoms with Crippen LogP contribution in [0.2, 0.25) is 0 Å². The number of halogens is 1. The van der Waals surface area contributed by atoms with Crippen LogP contribution in [-0.2, 0) is 0 Å². The van der Waals surface area contributed by atoms with Crippen LogP contribution in [0.25, 0.3) is 5.69 Å². The van der Waals surface area contributed by atoms with Gasteiger partial charge in [-0.1, -0.05) is 30.3 Å². The van der Waals surface area contributed by atoms with Gasteiger partial charge < -0.3 is 15.4 Å². The molecule has 1 unspecified atom stereocenters. The maximum absolute atomic E-state index is 13.2. The van der Waals surface area contributed by atoms with Gasteiger partial charge in [0, 0.05) is 18.4 Å². The van der Waals surface area contributed by atoms with Crippen molar-refractivity contribution >= 4 is 18.1 Å². The molecule has 0 aliphatic rings. The lowest BCUT2D eigenvalue weighted by Gasteiger charge is -2.13. The number of hydrogen-bond donors (Lipinski definition) is 3. The fourth-order valence-corrected chi connectivity index (χ4v) is 2.74. The summed E-state index contributed by atoms with van der Waals surface area (Å²) in [4.78, 5) is 15.3. The zero-order chi connectivity index (χ0) is 17.8. The molecule has 1 heterocycles. The van der Waals surface area contributed by atoms with Crippen molar-refractivity contribution in [2.24, 2.45) is 0 Å². The van der Waals surface area contributed by atoms with Gasteiger partial charge in [-0.2, -0.15) is 0 Å². The second-order valence-electron chi connectivity index (χ2n) is 5.43. The Bertz CT molecular complexity index is 937. The largest absolute Gasteiger partial charge is 0.387 e. The molecule has 5 nitrogen and oxygen atoms in total. The first-order chi connectivity index (χ1) is 12.1. The van der Waals surface area contributed by atoms with E-state index in [4.69, 9.17) is 12.2 Å². The van der Waals surface area contributed by atoms with E-state index >= 15 is 0 Å². The fourth-order valence-electron chi connectivity index (χ4n) is 2.48. The smallest absolute Gasteiger partial charge is 0.269 e. The Hall–Kier alpha value is -2.77. The summed E-state index contributed by atoms with van der Waals surface area (Å²) >= 11 is 5.24. The molecule has 1 atom stereocenters. The number of hydrogen-bond acceptors (Lipinski definition) is 3. The lowest BCUT2D eigenvalue weighted by molar-refractivity contribution is 0.0909. The summed E-state index contributed by atoms with van der Waals surface area (Å²) < 4.78 is 15.2. The van der Waals surface area contributed by atoms with Gasteiger partial charge in [0.05, 0.1) is 6.10 Å². The van der Waals surface area contributed by atoms with Crippen LogP contribution in [0.5, 0.6) is 0 Å². The van der Waals surface area contributed by atoms with E-state index in [0.717, 1.165) is 5.69 Å². The lowest BCUT2D eigenvalue weighted by Crippen LogP contribution is -2.30. The Balaban J connectivity index is 1.76. The van der Waals surface area contributed by atoms with Crippen LogP contribution in [0.1, 0.15) is 22.2 Å². The number of aliphatic hydroxyl groups is 1. The van der Waals surface area contributed by atoms with Crippen molar-refractivity contribution in [3.05, 3.63) is 82.6 Å². The van der Waals surface area contributed by atoms with E-state index < -0.39 is 17.8 Å². The lowest BCUT2D eigenvalue weighted by atomic mass is 10.1. The van der Waals surface area contributed by atoms with Crippen molar-refractivity contribution in [1.82, 2.24) is 14.9 Å². The average Bonchev–Trinajstić information content (AvgIpc) is 3.01. The van der Waals surface area contributed by atoms with Crippen LogP contribution in [0.4, 0.5) is 4.39 Å². The van der Waals surface area contributed by atoms with Gasteiger partial charge in [-0.15, -0.1) is 0 Å². The number of aliphatic hydroxyl groups excluding tert-OH is 1. The molecule has 3 aromatic rings. The minimum Gasteiger partial charge on any atom is -0.387 e. The molecule has 2 aromatic carbocycles. The van der Waals surface area contributed by atoms with Gasteiger partial charge in [-0.05, 0) is 42.0 Å². The maximum atomic E-state index is 13.2. The first kappa shape index (κ1) is 17.1. The van der Waals surface area contributed by atoms with Gasteiger partial charge >= 0.3 is 0 Å². The number of carbonyl (C=O) groups is 1. The highest BCUT2D eigenvalue weighted by Gasteiger charge is 2.16. The molecule has 3 rings (SSSR count). The van der Waals surface area contributed by atoms with Crippen LogP contribution < -0.4 is 5.32 Å². The number of nitrogens with zero attached hydrogens (tertiary/aromatic N) is 1. The van der Waals surface area contributed by atoms with Gasteiger partial charge in [0.25, 0.3) is 5.91 Å². The number of rotatable bonds is 5. The normalized spacial score (nSPS) is 11.9. The summed E-state index contributed by atoms with van der Waals surface area (Å²) in [5.41, 5.74) is 1.47. The summed E-state index contributed by atoms with van der Waals surface area (Å²) in [5.74, 6) is -0.835. The second kappa shape index (κ2) is 7.42. The number of aromatic amines is 1. The summed E-state index contributed by atoms with van der Waals surface area (Å²) in [5, 5.41) is 12.8. The van der Waals surface area contributed by atoms with Gasteiger partial charge in [0.2, 0.25) is 0 Å². The van der Waals surface area contributed by atoms with Crippen LogP contribution in [0, 0.1) is 10.6 Å². The van der Waals surface area contributed by atoms with Gasteiger partial charge in [-0.25, -0.2) is 4.39 Å². The van der Waals surface area contributed by atoms with E-state index in [9.17, 15) is 14.3 Å². The predicted molar refractivity (Wildman–Crippen MR) is 94.6 cm³/mol. The summed E-state index contributed by atoms with van der Waals surface area (Å²) in [7, 11) is 0. The second-order valence-corrected chi connectivity index (χ2v) is 5.82. The van der Waals surface area contributed by atoms with E-state index in [2.05, 4.69) is 10.3 Å². The molecule has 1 aromatic heterocycles. The van der Waals surface area contributed by atoms with Gasteiger partial charge in [0.1, 0.15) is 11.5 Å². The van der Waals surface area contributed by atoms with Crippen molar-refractivity contribution in [2.45, 2.75) is 6.10 Å². The van der Waals surface area contributed by atoms with Gasteiger partial charge in [0.15, 0.2) is 4.77 Å². The first-order valence-corrected chi connectivity index (χ1v) is 8.04.